The van der Waals surface area contributed by atoms with Gasteiger partial charge in [0, 0.05) is 23.5 Å². The maximum atomic E-state index is 9.65. The van der Waals surface area contributed by atoms with Crippen LogP contribution in [-0.4, -0.2) is 11.7 Å². The molecule has 15 heavy (non-hydrogen) atoms. The first-order valence-corrected chi connectivity index (χ1v) is 5.12. The monoisotopic (exact) mass is 205 g/mol. The van der Waals surface area contributed by atoms with Crippen LogP contribution in [0.5, 0.6) is 0 Å². The number of aliphatic hydroxyl groups is 1. The van der Waals surface area contributed by atoms with Crippen LogP contribution in [0.4, 0.5) is 0 Å². The van der Waals surface area contributed by atoms with E-state index < -0.39 is 0 Å². The average molecular weight is 205 g/mol. The van der Waals surface area contributed by atoms with Crippen molar-refractivity contribution in [2.75, 3.05) is 6.54 Å². The minimum atomic E-state index is 0.448. The predicted molar refractivity (Wildman–Crippen MR) is 60.4 cm³/mol. The molecule has 1 N–H and O–H groups in total. The van der Waals surface area contributed by atoms with Gasteiger partial charge in [-0.05, 0) is 18.4 Å². The van der Waals surface area contributed by atoms with E-state index in [4.69, 9.17) is 5.53 Å². The van der Waals surface area contributed by atoms with Crippen LogP contribution in [0.15, 0.2) is 40.8 Å². The molecule has 0 atom stereocenters. The highest BCUT2D eigenvalue weighted by atomic mass is 16.3. The Hall–Kier alpha value is -1.67. The van der Waals surface area contributed by atoms with Gasteiger partial charge in [-0.15, -0.1) is 0 Å². The second-order valence-electron chi connectivity index (χ2n) is 3.39. The van der Waals surface area contributed by atoms with Crippen molar-refractivity contribution in [1.82, 2.24) is 0 Å². The second kappa shape index (κ2) is 6.74. The van der Waals surface area contributed by atoms with Crippen LogP contribution in [0.3, 0.4) is 0 Å². The van der Waals surface area contributed by atoms with Crippen molar-refractivity contribution in [2.24, 2.45) is 5.11 Å². The quantitative estimate of drug-likeness (QED) is 0.231. The number of hydrogen-bond acceptors (Lipinski definition) is 2. The fourth-order valence-corrected chi connectivity index (χ4v) is 1.41. The van der Waals surface area contributed by atoms with Crippen LogP contribution >= 0.6 is 0 Å². The summed E-state index contributed by atoms with van der Waals surface area (Å²) in [4.78, 5) is 2.68. The molecule has 0 saturated heterocycles. The topological polar surface area (TPSA) is 69.0 Å². The van der Waals surface area contributed by atoms with Gasteiger partial charge in [-0.25, -0.2) is 0 Å². The van der Waals surface area contributed by atoms with Crippen molar-refractivity contribution in [3.8, 4) is 0 Å². The van der Waals surface area contributed by atoms with Gasteiger partial charge in [0.05, 0.1) is 5.76 Å². The van der Waals surface area contributed by atoms with E-state index in [1.165, 1.54) is 0 Å². The summed E-state index contributed by atoms with van der Waals surface area (Å²) in [5, 5.41) is 13.1. The van der Waals surface area contributed by atoms with Gasteiger partial charge < -0.3 is 5.11 Å². The minimum absolute atomic E-state index is 0.448. The van der Waals surface area contributed by atoms with Crippen molar-refractivity contribution in [3.63, 3.8) is 0 Å². The molecule has 0 bridgehead atoms. The molecule has 0 aliphatic heterocycles. The number of hydrogen-bond donors (Lipinski definition) is 1. The standard InChI is InChI=1S/C11H15N3O/c12-14-13-9-5-1-2-8-11(15)10-6-3-4-7-10/h3-4,6-7,15H,1-2,5,8-9H2. The van der Waals surface area contributed by atoms with Crippen molar-refractivity contribution in [2.45, 2.75) is 25.7 Å². The Morgan fingerprint density at radius 3 is 2.67 bits per heavy atom. The molecule has 0 heterocycles. The zero-order valence-corrected chi connectivity index (χ0v) is 8.63. The maximum absolute atomic E-state index is 9.65. The molecule has 1 aliphatic carbocycles. The Balaban J connectivity index is 2.15. The summed E-state index contributed by atoms with van der Waals surface area (Å²) < 4.78 is 0. The lowest BCUT2D eigenvalue weighted by molar-refractivity contribution is 0.378. The van der Waals surface area contributed by atoms with Gasteiger partial charge in [-0.3, -0.25) is 0 Å². The molecule has 4 heteroatoms. The maximum Gasteiger partial charge on any atom is 0.0994 e. The minimum Gasteiger partial charge on any atom is -0.512 e. The number of allylic oxidation sites excluding steroid dienone is 6. The van der Waals surface area contributed by atoms with Gasteiger partial charge >= 0.3 is 0 Å². The van der Waals surface area contributed by atoms with Crippen molar-refractivity contribution < 1.29 is 5.11 Å². The Morgan fingerprint density at radius 2 is 2.00 bits per heavy atom. The molecule has 1 rings (SSSR count). The summed E-state index contributed by atoms with van der Waals surface area (Å²) in [7, 11) is 0. The van der Waals surface area contributed by atoms with Crippen LogP contribution < -0.4 is 0 Å². The fourth-order valence-electron chi connectivity index (χ4n) is 1.41. The van der Waals surface area contributed by atoms with E-state index in [-0.39, 0.29) is 0 Å². The van der Waals surface area contributed by atoms with Crippen LogP contribution in [0, 0.1) is 0 Å². The molecule has 0 aromatic rings. The molecule has 1 aliphatic rings. The lowest BCUT2D eigenvalue weighted by Crippen LogP contribution is -1.87. The Kier molecular flexibility index (Phi) is 5.12. The molecule has 0 spiro atoms. The lowest BCUT2D eigenvalue weighted by Gasteiger charge is -2.01. The van der Waals surface area contributed by atoms with Gasteiger partial charge in [0.25, 0.3) is 0 Å². The summed E-state index contributed by atoms with van der Waals surface area (Å²) in [6.07, 6.45) is 11.1. The first-order chi connectivity index (χ1) is 7.34. The van der Waals surface area contributed by atoms with Gasteiger partial charge in [0.2, 0.25) is 0 Å². The predicted octanol–water partition coefficient (Wildman–Crippen LogP) is 3.80. The van der Waals surface area contributed by atoms with Crippen LogP contribution in [-0.2, 0) is 0 Å². The van der Waals surface area contributed by atoms with E-state index in [1.807, 2.05) is 24.3 Å². The molecular weight excluding hydrogens is 190 g/mol. The normalized spacial score (nSPS) is 12.9. The van der Waals surface area contributed by atoms with E-state index in [0.717, 1.165) is 24.8 Å². The van der Waals surface area contributed by atoms with Gasteiger partial charge in [0.15, 0.2) is 0 Å². The Labute approximate surface area is 89.2 Å². The average Bonchev–Trinajstić information content (AvgIpc) is 2.76. The third-order valence-corrected chi connectivity index (χ3v) is 2.23. The molecule has 0 unspecified atom stereocenters. The molecule has 0 saturated carbocycles. The van der Waals surface area contributed by atoms with Crippen molar-refractivity contribution in [3.05, 3.63) is 46.1 Å². The molecule has 80 valence electrons. The third kappa shape index (κ3) is 4.38. The fraction of sp³-hybridized carbons (Fsp3) is 0.455. The molecule has 0 aromatic heterocycles. The highest BCUT2D eigenvalue weighted by molar-refractivity contribution is 5.41. The molecule has 0 radical (unpaired) electrons. The summed E-state index contributed by atoms with van der Waals surface area (Å²) in [6.45, 7) is 0.549. The van der Waals surface area contributed by atoms with E-state index in [1.54, 1.807) is 0 Å². The summed E-state index contributed by atoms with van der Waals surface area (Å²) >= 11 is 0. The Morgan fingerprint density at radius 1 is 1.27 bits per heavy atom. The molecule has 0 amide bonds. The van der Waals surface area contributed by atoms with E-state index in [0.29, 0.717) is 18.7 Å². The number of azide groups is 1. The molecule has 0 fully saturated rings. The number of rotatable bonds is 6. The number of aliphatic hydroxyl groups excluding tert-OH is 1. The number of nitrogens with zero attached hydrogens (tertiary/aromatic N) is 3. The lowest BCUT2D eigenvalue weighted by atomic mass is 10.1. The molecule has 4 nitrogen and oxygen atoms in total. The van der Waals surface area contributed by atoms with Gasteiger partial charge in [-0.2, -0.15) is 0 Å². The summed E-state index contributed by atoms with van der Waals surface area (Å²) in [5.74, 6) is 0.448. The van der Waals surface area contributed by atoms with Gasteiger partial charge in [-0.1, -0.05) is 35.8 Å². The van der Waals surface area contributed by atoms with Crippen molar-refractivity contribution >= 4 is 0 Å². The molecular formula is C11H15N3O. The highest BCUT2D eigenvalue weighted by Crippen LogP contribution is 2.16. The third-order valence-electron chi connectivity index (χ3n) is 2.23. The van der Waals surface area contributed by atoms with Crippen LogP contribution in [0.1, 0.15) is 25.7 Å². The van der Waals surface area contributed by atoms with Gasteiger partial charge in [0.1, 0.15) is 0 Å². The van der Waals surface area contributed by atoms with Crippen LogP contribution in [0.25, 0.3) is 10.4 Å². The summed E-state index contributed by atoms with van der Waals surface area (Å²) in [6, 6.07) is 0. The first kappa shape index (κ1) is 11.4. The largest absolute Gasteiger partial charge is 0.512 e. The smallest absolute Gasteiger partial charge is 0.0994 e. The van der Waals surface area contributed by atoms with Crippen LogP contribution in [0.2, 0.25) is 0 Å². The summed E-state index contributed by atoms with van der Waals surface area (Å²) in [5.41, 5.74) is 8.96. The molecule has 0 aromatic carbocycles. The second-order valence-corrected chi connectivity index (χ2v) is 3.39. The zero-order chi connectivity index (χ0) is 10.9. The first-order valence-electron chi connectivity index (χ1n) is 5.12. The van der Waals surface area contributed by atoms with E-state index >= 15 is 0 Å². The zero-order valence-electron chi connectivity index (χ0n) is 8.63. The van der Waals surface area contributed by atoms with E-state index in [9.17, 15) is 5.11 Å². The Bertz CT molecular complexity index is 322. The number of unbranched alkanes of at least 4 members (excludes halogenated alkanes) is 2. The SMILES string of the molecule is [N-]=[N+]=NCCCCCC(O)=C1C=CC=C1. The highest BCUT2D eigenvalue weighted by Gasteiger charge is 2.01. The van der Waals surface area contributed by atoms with Crippen molar-refractivity contribution in [1.29, 1.82) is 0 Å². The van der Waals surface area contributed by atoms with E-state index in [2.05, 4.69) is 10.0 Å².